The van der Waals surface area contributed by atoms with Gasteiger partial charge >= 0.3 is 17.3 Å². The molecule has 6 nitrogen and oxygen atoms in total. The summed E-state index contributed by atoms with van der Waals surface area (Å²) in [6.07, 6.45) is 0.319. The maximum Gasteiger partial charge on any atom is 0.521 e. The summed E-state index contributed by atoms with van der Waals surface area (Å²) in [6, 6.07) is -0.470. The summed E-state index contributed by atoms with van der Waals surface area (Å²) in [5.74, 6) is -0.706. The van der Waals surface area contributed by atoms with Gasteiger partial charge in [-0.15, -0.1) is 0 Å². The van der Waals surface area contributed by atoms with E-state index in [0.29, 0.717) is 19.4 Å². The van der Waals surface area contributed by atoms with Gasteiger partial charge in [-0.25, -0.2) is 9.59 Å². The number of quaternary nitrogens is 1. The summed E-state index contributed by atoms with van der Waals surface area (Å²) < 4.78 is 4.01. The molecule has 2 amide bonds. The molecule has 1 rings (SSSR count). The molecule has 0 radical (unpaired) electrons. The fourth-order valence-corrected chi connectivity index (χ4v) is 3.36. The minimum absolute atomic E-state index is 0.189. The first-order valence-corrected chi connectivity index (χ1v) is 7.89. The normalized spacial score (nSPS) is 27.1. The number of hydrogen-bond acceptors (Lipinski definition) is 5. The van der Waals surface area contributed by atoms with E-state index in [1.54, 1.807) is 13.8 Å². The molecular weight excluding hydrogens is 306 g/mol. The van der Waals surface area contributed by atoms with Crippen LogP contribution in [-0.4, -0.2) is 51.3 Å². The number of hydrogen-bond donors (Lipinski definition) is 1. The van der Waals surface area contributed by atoms with Crippen LogP contribution in [0.2, 0.25) is 0 Å². The third kappa shape index (κ3) is 3.45. The van der Waals surface area contributed by atoms with Crippen molar-refractivity contribution in [3.8, 4) is 0 Å². The summed E-state index contributed by atoms with van der Waals surface area (Å²) in [5.41, 5.74) is 0. The van der Waals surface area contributed by atoms with Crippen molar-refractivity contribution >= 4 is 40.7 Å². The largest absolute Gasteiger partial charge is 0.521 e. The minimum Gasteiger partial charge on any atom is -0.441 e. The Morgan fingerprint density at radius 1 is 1.50 bits per heavy atom. The third-order valence-electron chi connectivity index (χ3n) is 3.66. The standard InChI is InChI=1S/C12H18ClNO5S/c1-8(6-20-12(18)19-7-13)10(15)14(11(16)17)5-3-4-9(14)2/h8-9H,3-7H2,1-2H3/p+1/t8-,9-,14?/m1/s1. The lowest BCUT2D eigenvalue weighted by Gasteiger charge is -2.31. The molecule has 1 unspecified atom stereocenters. The molecule has 0 saturated carbocycles. The molecule has 0 aliphatic carbocycles. The van der Waals surface area contributed by atoms with Crippen LogP contribution in [0.15, 0.2) is 0 Å². The first kappa shape index (κ1) is 17.3. The molecule has 8 heteroatoms. The fraction of sp³-hybridized carbons (Fsp3) is 0.750. The Labute approximate surface area is 127 Å². The van der Waals surface area contributed by atoms with E-state index in [1.807, 2.05) is 0 Å². The number of alkyl halides is 1. The number of carbonyl (C=O) groups excluding carboxylic acids is 2. The smallest absolute Gasteiger partial charge is 0.441 e. The highest BCUT2D eigenvalue weighted by Gasteiger charge is 2.54. The van der Waals surface area contributed by atoms with Crippen molar-refractivity contribution in [2.75, 3.05) is 18.4 Å². The SMILES string of the molecule is C[C@H](CSC(=O)OCCl)C(=O)[N+]1(C(=O)O)CCC[C@H]1C. The van der Waals surface area contributed by atoms with Gasteiger partial charge in [0.1, 0.15) is 6.04 Å². The average Bonchev–Trinajstić information content (AvgIpc) is 2.78. The summed E-state index contributed by atoms with van der Waals surface area (Å²) in [7, 11) is 0. The predicted octanol–water partition coefficient (Wildman–Crippen LogP) is 2.89. The van der Waals surface area contributed by atoms with Gasteiger partial charge in [0.05, 0.1) is 12.5 Å². The van der Waals surface area contributed by atoms with Gasteiger partial charge in [-0.1, -0.05) is 11.6 Å². The van der Waals surface area contributed by atoms with Crippen molar-refractivity contribution in [1.29, 1.82) is 0 Å². The highest BCUT2D eigenvalue weighted by Crippen LogP contribution is 2.31. The van der Waals surface area contributed by atoms with Crippen LogP contribution in [0.3, 0.4) is 0 Å². The topological polar surface area (TPSA) is 80.7 Å². The van der Waals surface area contributed by atoms with Crippen LogP contribution in [0.25, 0.3) is 0 Å². The van der Waals surface area contributed by atoms with Crippen molar-refractivity contribution in [2.24, 2.45) is 5.92 Å². The third-order valence-corrected chi connectivity index (χ3v) is 4.79. The molecule has 0 aromatic heterocycles. The van der Waals surface area contributed by atoms with Gasteiger partial charge in [0, 0.05) is 18.6 Å². The zero-order valence-corrected chi connectivity index (χ0v) is 13.1. The maximum atomic E-state index is 12.5. The number of rotatable bonds is 4. The number of halogens is 1. The van der Waals surface area contributed by atoms with Gasteiger partial charge < -0.3 is 9.84 Å². The monoisotopic (exact) mass is 324 g/mol. The number of imide groups is 1. The molecule has 0 spiro atoms. The number of carbonyl (C=O) groups is 3. The van der Waals surface area contributed by atoms with E-state index in [4.69, 9.17) is 11.6 Å². The van der Waals surface area contributed by atoms with Crippen molar-refractivity contribution < 1.29 is 28.7 Å². The molecule has 20 heavy (non-hydrogen) atoms. The molecule has 0 bridgehead atoms. The second-order valence-electron chi connectivity index (χ2n) is 4.92. The Morgan fingerprint density at radius 3 is 2.60 bits per heavy atom. The van der Waals surface area contributed by atoms with Gasteiger partial charge in [-0.2, -0.15) is 9.28 Å². The lowest BCUT2D eigenvalue weighted by molar-refractivity contribution is -0.793. The van der Waals surface area contributed by atoms with Crippen LogP contribution in [0.1, 0.15) is 26.7 Å². The molecule has 1 N–H and O–H groups in total. The van der Waals surface area contributed by atoms with Crippen molar-refractivity contribution in [3.05, 3.63) is 0 Å². The van der Waals surface area contributed by atoms with Crippen LogP contribution in [0.5, 0.6) is 0 Å². The lowest BCUT2D eigenvalue weighted by atomic mass is 10.1. The molecule has 0 aromatic carbocycles. The van der Waals surface area contributed by atoms with Gasteiger partial charge in [0.2, 0.25) is 0 Å². The predicted molar refractivity (Wildman–Crippen MR) is 75.7 cm³/mol. The van der Waals surface area contributed by atoms with Crippen molar-refractivity contribution in [3.63, 3.8) is 0 Å². The number of nitrogens with zero attached hydrogens (tertiary/aromatic N) is 1. The Balaban J connectivity index is 2.71. The molecule has 0 aromatic rings. The summed E-state index contributed by atoms with van der Waals surface area (Å²) in [4.78, 5) is 35.2. The molecule has 3 atom stereocenters. The average molecular weight is 325 g/mol. The number of amides is 2. The first-order chi connectivity index (χ1) is 9.36. The van der Waals surface area contributed by atoms with Crippen LogP contribution < -0.4 is 0 Å². The Morgan fingerprint density at radius 2 is 2.15 bits per heavy atom. The highest BCUT2D eigenvalue weighted by atomic mass is 35.5. The van der Waals surface area contributed by atoms with Gasteiger partial charge in [-0.05, 0) is 25.6 Å². The van der Waals surface area contributed by atoms with Crippen molar-refractivity contribution in [2.45, 2.75) is 32.7 Å². The van der Waals surface area contributed by atoms with Crippen LogP contribution in [-0.2, 0) is 9.53 Å². The van der Waals surface area contributed by atoms with Gasteiger partial charge in [-0.3, -0.25) is 0 Å². The van der Waals surface area contributed by atoms with Crippen molar-refractivity contribution in [1.82, 2.24) is 0 Å². The highest BCUT2D eigenvalue weighted by molar-refractivity contribution is 8.13. The minimum atomic E-state index is -1.11. The second-order valence-corrected chi connectivity index (χ2v) is 6.09. The first-order valence-electron chi connectivity index (χ1n) is 6.37. The summed E-state index contributed by atoms with van der Waals surface area (Å²) >= 11 is 6.10. The molecule has 1 saturated heterocycles. The maximum absolute atomic E-state index is 12.5. The van der Waals surface area contributed by atoms with Gasteiger partial charge in [0.15, 0.2) is 6.07 Å². The summed E-state index contributed by atoms with van der Waals surface area (Å²) in [6.45, 7) is 3.73. The Hall–Kier alpha value is -0.790. The van der Waals surface area contributed by atoms with E-state index in [-0.39, 0.29) is 23.8 Å². The molecular formula is C12H19ClNO5S+. The van der Waals surface area contributed by atoms with Crippen LogP contribution >= 0.6 is 23.4 Å². The van der Waals surface area contributed by atoms with E-state index in [9.17, 15) is 19.5 Å². The molecule has 1 heterocycles. The molecule has 1 aliphatic rings. The Kier molecular flexibility index (Phi) is 6.29. The van der Waals surface area contributed by atoms with Gasteiger partial charge in [0.25, 0.3) is 0 Å². The quantitative estimate of drug-likeness (QED) is 0.486. The van der Waals surface area contributed by atoms with E-state index in [0.717, 1.165) is 11.8 Å². The second kappa shape index (κ2) is 7.28. The zero-order valence-electron chi connectivity index (χ0n) is 11.5. The fourth-order valence-electron chi connectivity index (χ4n) is 2.53. The van der Waals surface area contributed by atoms with E-state index >= 15 is 0 Å². The Bertz CT molecular complexity index is 405. The number of carboxylic acid groups (broad SMARTS) is 1. The van der Waals surface area contributed by atoms with E-state index in [2.05, 4.69) is 4.74 Å². The van der Waals surface area contributed by atoms with Crippen LogP contribution in [0.4, 0.5) is 9.59 Å². The summed E-state index contributed by atoms with van der Waals surface area (Å²) in [5, 5.41) is 8.89. The van der Waals surface area contributed by atoms with E-state index < -0.39 is 21.8 Å². The molecule has 1 aliphatic heterocycles. The number of ether oxygens (including phenoxy) is 1. The van der Waals surface area contributed by atoms with E-state index in [1.165, 1.54) is 0 Å². The molecule has 1 fully saturated rings. The zero-order chi connectivity index (χ0) is 15.3. The lowest BCUT2D eigenvalue weighted by Crippen LogP contribution is -2.60. The van der Waals surface area contributed by atoms with Crippen LogP contribution in [0, 0.1) is 5.92 Å². The molecule has 114 valence electrons. The number of likely N-dealkylation sites (tertiary alicyclic amines) is 1. The number of thioether (sulfide) groups is 1.